The van der Waals surface area contributed by atoms with E-state index in [2.05, 4.69) is 19.8 Å². The van der Waals surface area contributed by atoms with Crippen LogP contribution in [0.3, 0.4) is 0 Å². The molecule has 1 aromatic carbocycles. The zero-order chi connectivity index (χ0) is 24.3. The topological polar surface area (TPSA) is 54.4 Å². The van der Waals surface area contributed by atoms with Gasteiger partial charge in [0.1, 0.15) is 23.6 Å². The van der Waals surface area contributed by atoms with Crippen LogP contribution in [0.4, 0.5) is 10.2 Å². The highest BCUT2D eigenvalue weighted by molar-refractivity contribution is 5.92. The summed E-state index contributed by atoms with van der Waals surface area (Å²) in [5, 5.41) is 0.681. The van der Waals surface area contributed by atoms with E-state index in [1.54, 1.807) is 6.20 Å². The smallest absolute Gasteiger partial charge is 0.319 e. The SMILES string of the molecule is Cc1ccccc1-c1ncc2c(N3CC4CCC(C4)C3)nc(OCC34CCCN3CCC4)nc2c1F. The molecule has 2 unspecified atom stereocenters. The molecule has 5 heterocycles. The van der Waals surface area contributed by atoms with Gasteiger partial charge >= 0.3 is 6.01 Å². The Morgan fingerprint density at radius 1 is 1.06 bits per heavy atom. The fraction of sp³-hybridized carbons (Fsp3) is 0.552. The summed E-state index contributed by atoms with van der Waals surface area (Å²) in [6, 6.07) is 8.08. The van der Waals surface area contributed by atoms with E-state index in [1.807, 2.05) is 31.2 Å². The maximum Gasteiger partial charge on any atom is 0.319 e. The molecule has 2 bridgehead atoms. The van der Waals surface area contributed by atoms with E-state index < -0.39 is 5.82 Å². The fourth-order valence-electron chi connectivity index (χ4n) is 7.39. The molecule has 2 aromatic heterocycles. The van der Waals surface area contributed by atoms with Crippen molar-refractivity contribution in [2.24, 2.45) is 11.8 Å². The summed E-state index contributed by atoms with van der Waals surface area (Å²) in [5.74, 6) is 1.76. The summed E-state index contributed by atoms with van der Waals surface area (Å²) in [7, 11) is 0. The molecule has 4 fully saturated rings. The fourth-order valence-corrected chi connectivity index (χ4v) is 7.39. The lowest BCUT2D eigenvalue weighted by molar-refractivity contribution is 0.108. The van der Waals surface area contributed by atoms with E-state index in [-0.39, 0.29) is 5.54 Å². The number of benzene rings is 1. The molecule has 188 valence electrons. The van der Waals surface area contributed by atoms with E-state index in [0.717, 1.165) is 56.0 Å². The average Bonchev–Trinajstić information content (AvgIpc) is 3.57. The molecule has 3 aromatic rings. The number of fused-ring (bicyclic) bond motifs is 4. The van der Waals surface area contributed by atoms with E-state index in [4.69, 9.17) is 9.72 Å². The van der Waals surface area contributed by atoms with Crippen molar-refractivity contribution in [2.45, 2.75) is 57.4 Å². The van der Waals surface area contributed by atoms with Gasteiger partial charge in [0.05, 0.1) is 10.9 Å². The molecule has 1 aliphatic carbocycles. The number of aryl methyl sites for hydroxylation is 1. The molecule has 3 saturated heterocycles. The van der Waals surface area contributed by atoms with Crippen LogP contribution in [0.15, 0.2) is 30.5 Å². The number of aromatic nitrogens is 3. The van der Waals surface area contributed by atoms with Crippen LogP contribution >= 0.6 is 0 Å². The first-order valence-corrected chi connectivity index (χ1v) is 13.6. The molecule has 2 atom stereocenters. The summed E-state index contributed by atoms with van der Waals surface area (Å²) in [4.78, 5) is 19.1. The van der Waals surface area contributed by atoms with Crippen LogP contribution < -0.4 is 9.64 Å². The number of piperidine rings is 1. The average molecular weight is 488 g/mol. The Hall–Kier alpha value is -2.80. The number of pyridine rings is 1. The van der Waals surface area contributed by atoms with Crippen molar-refractivity contribution in [3.05, 3.63) is 41.8 Å². The van der Waals surface area contributed by atoms with E-state index >= 15 is 4.39 Å². The van der Waals surface area contributed by atoms with Crippen molar-refractivity contribution in [1.82, 2.24) is 19.9 Å². The Labute approximate surface area is 211 Å². The number of hydrogen-bond acceptors (Lipinski definition) is 6. The first kappa shape index (κ1) is 22.4. The van der Waals surface area contributed by atoms with Gasteiger partial charge in [-0.2, -0.15) is 9.97 Å². The van der Waals surface area contributed by atoms with Crippen LogP contribution in [0, 0.1) is 24.6 Å². The van der Waals surface area contributed by atoms with Crippen molar-refractivity contribution >= 4 is 16.7 Å². The minimum atomic E-state index is -0.392. The molecular weight excluding hydrogens is 453 g/mol. The van der Waals surface area contributed by atoms with Crippen LogP contribution in [0.1, 0.15) is 50.5 Å². The summed E-state index contributed by atoms with van der Waals surface area (Å²) in [6.07, 6.45) is 10.3. The second-order valence-corrected chi connectivity index (χ2v) is 11.5. The lowest BCUT2D eigenvalue weighted by atomic mass is 9.95. The largest absolute Gasteiger partial charge is 0.461 e. The molecule has 3 aliphatic heterocycles. The van der Waals surface area contributed by atoms with Gasteiger partial charge in [-0.1, -0.05) is 24.3 Å². The highest BCUT2D eigenvalue weighted by Crippen LogP contribution is 2.42. The first-order chi connectivity index (χ1) is 17.6. The summed E-state index contributed by atoms with van der Waals surface area (Å²) in [6.45, 7) is 6.76. The summed E-state index contributed by atoms with van der Waals surface area (Å²) < 4.78 is 22.5. The summed E-state index contributed by atoms with van der Waals surface area (Å²) >= 11 is 0. The van der Waals surface area contributed by atoms with Crippen molar-refractivity contribution in [3.63, 3.8) is 0 Å². The van der Waals surface area contributed by atoms with Gasteiger partial charge in [-0.15, -0.1) is 0 Å². The molecular formula is C29H34FN5O. The van der Waals surface area contributed by atoms with Crippen LogP contribution in [0.25, 0.3) is 22.2 Å². The Morgan fingerprint density at radius 2 is 1.81 bits per heavy atom. The predicted molar refractivity (Wildman–Crippen MR) is 139 cm³/mol. The molecule has 0 amide bonds. The van der Waals surface area contributed by atoms with E-state index in [9.17, 15) is 0 Å². The number of ether oxygens (including phenoxy) is 1. The van der Waals surface area contributed by atoms with Crippen LogP contribution in [0.2, 0.25) is 0 Å². The van der Waals surface area contributed by atoms with E-state index in [1.165, 1.54) is 32.1 Å². The third kappa shape index (κ3) is 3.66. The molecule has 0 N–H and O–H groups in total. The molecule has 4 aliphatic rings. The van der Waals surface area contributed by atoms with Crippen molar-refractivity contribution in [3.8, 4) is 17.3 Å². The molecule has 0 spiro atoms. The zero-order valence-electron chi connectivity index (χ0n) is 21.0. The minimum Gasteiger partial charge on any atom is -0.461 e. The van der Waals surface area contributed by atoms with Gasteiger partial charge in [0.2, 0.25) is 0 Å². The normalized spacial score (nSPS) is 25.0. The second kappa shape index (κ2) is 8.65. The Morgan fingerprint density at radius 3 is 2.56 bits per heavy atom. The first-order valence-electron chi connectivity index (χ1n) is 13.6. The third-order valence-corrected chi connectivity index (χ3v) is 9.23. The Balaban J connectivity index is 1.31. The van der Waals surface area contributed by atoms with Crippen molar-refractivity contribution in [2.75, 3.05) is 37.7 Å². The van der Waals surface area contributed by atoms with Gasteiger partial charge in [-0.05, 0) is 82.4 Å². The Bertz CT molecular complexity index is 1290. The number of halogens is 1. The van der Waals surface area contributed by atoms with Crippen LogP contribution in [-0.2, 0) is 0 Å². The standard InChI is InChI=1S/C29H34FN5O/c1-19-6-2-3-7-22(19)25-24(30)26-23(15-31-25)27(34-16-20-8-9-21(14-20)17-34)33-28(32-26)36-18-29-10-4-12-35(29)13-5-11-29/h2-3,6-7,15,20-21H,4-5,8-14,16-18H2,1H3. The zero-order valence-corrected chi connectivity index (χ0v) is 21.0. The number of anilines is 1. The minimum absolute atomic E-state index is 0.0891. The van der Waals surface area contributed by atoms with Crippen molar-refractivity contribution < 1.29 is 9.13 Å². The monoisotopic (exact) mass is 487 g/mol. The Kier molecular flexibility index (Phi) is 5.38. The molecule has 7 heteroatoms. The van der Waals surface area contributed by atoms with Crippen LogP contribution in [-0.4, -0.2) is 58.2 Å². The van der Waals surface area contributed by atoms with Gasteiger partial charge in [0.25, 0.3) is 0 Å². The maximum atomic E-state index is 16.1. The van der Waals surface area contributed by atoms with Crippen LogP contribution in [0.5, 0.6) is 6.01 Å². The molecule has 0 radical (unpaired) electrons. The van der Waals surface area contributed by atoms with E-state index in [0.29, 0.717) is 41.1 Å². The summed E-state index contributed by atoms with van der Waals surface area (Å²) in [5.41, 5.74) is 2.52. The highest BCUT2D eigenvalue weighted by atomic mass is 19.1. The predicted octanol–water partition coefficient (Wildman–Crippen LogP) is 5.38. The lowest BCUT2D eigenvalue weighted by Crippen LogP contribution is -2.43. The molecule has 6 nitrogen and oxygen atoms in total. The van der Waals surface area contributed by atoms with Gasteiger partial charge in [-0.25, -0.2) is 4.39 Å². The molecule has 7 rings (SSSR count). The molecule has 36 heavy (non-hydrogen) atoms. The number of hydrogen-bond donors (Lipinski definition) is 0. The highest BCUT2D eigenvalue weighted by Gasteiger charge is 2.45. The maximum absolute atomic E-state index is 16.1. The van der Waals surface area contributed by atoms with Gasteiger partial charge in [-0.3, -0.25) is 9.88 Å². The van der Waals surface area contributed by atoms with Crippen molar-refractivity contribution in [1.29, 1.82) is 0 Å². The van der Waals surface area contributed by atoms with Gasteiger partial charge in [0.15, 0.2) is 5.82 Å². The van der Waals surface area contributed by atoms with Gasteiger partial charge < -0.3 is 9.64 Å². The third-order valence-electron chi connectivity index (χ3n) is 9.23. The number of rotatable bonds is 5. The second-order valence-electron chi connectivity index (χ2n) is 11.5. The number of nitrogens with zero attached hydrogens (tertiary/aromatic N) is 5. The lowest BCUT2D eigenvalue weighted by Gasteiger charge is -2.34. The molecule has 1 saturated carbocycles. The van der Waals surface area contributed by atoms with Gasteiger partial charge in [0, 0.05) is 24.8 Å². The quantitative estimate of drug-likeness (QED) is 0.482.